The van der Waals surface area contributed by atoms with Crippen LogP contribution >= 0.6 is 23.4 Å². The van der Waals surface area contributed by atoms with Crippen LogP contribution in [0.1, 0.15) is 5.56 Å². The van der Waals surface area contributed by atoms with E-state index < -0.39 is 0 Å². The Kier molecular flexibility index (Phi) is 6.46. The molecule has 0 unspecified atom stereocenters. The highest BCUT2D eigenvalue weighted by Gasteiger charge is 2.31. The monoisotopic (exact) mass is 432 g/mol. The van der Waals surface area contributed by atoms with Gasteiger partial charge in [0, 0.05) is 17.8 Å². The fourth-order valence-corrected chi connectivity index (χ4v) is 3.42. The molecular formula is C20H17ClN2O5S. The summed E-state index contributed by atoms with van der Waals surface area (Å²) in [5.41, 5.74) is 1.27. The van der Waals surface area contributed by atoms with Gasteiger partial charge in [0.05, 0.1) is 12.0 Å². The first-order valence-corrected chi connectivity index (χ1v) is 9.64. The van der Waals surface area contributed by atoms with Crippen molar-refractivity contribution in [1.82, 2.24) is 4.90 Å². The maximum Gasteiger partial charge on any atom is 0.293 e. The number of carbonyl (C=O) groups excluding carboxylic acids is 3. The summed E-state index contributed by atoms with van der Waals surface area (Å²) < 4.78 is 10.9. The Balaban J connectivity index is 1.66. The number of ether oxygens (including phenoxy) is 2. The van der Waals surface area contributed by atoms with E-state index in [0.29, 0.717) is 32.7 Å². The number of carbonyl (C=O) groups is 3. The van der Waals surface area contributed by atoms with Crippen molar-refractivity contribution in [3.63, 3.8) is 0 Å². The van der Waals surface area contributed by atoms with Crippen LogP contribution in [0.3, 0.4) is 0 Å². The molecule has 1 saturated heterocycles. The number of benzene rings is 2. The van der Waals surface area contributed by atoms with Gasteiger partial charge in [-0.3, -0.25) is 19.3 Å². The zero-order valence-electron chi connectivity index (χ0n) is 15.6. The number of imide groups is 1. The van der Waals surface area contributed by atoms with Crippen LogP contribution in [0.25, 0.3) is 6.08 Å². The number of nitrogens with one attached hydrogen (secondary N) is 1. The Morgan fingerprint density at radius 2 is 1.90 bits per heavy atom. The number of halogens is 1. The third-order valence-electron chi connectivity index (χ3n) is 3.96. The molecule has 1 heterocycles. The molecule has 2 aromatic rings. The number of hydrogen-bond acceptors (Lipinski definition) is 6. The first-order valence-electron chi connectivity index (χ1n) is 8.45. The number of amides is 3. The molecule has 0 saturated carbocycles. The molecule has 1 fully saturated rings. The highest BCUT2D eigenvalue weighted by Crippen LogP contribution is 2.33. The predicted molar refractivity (Wildman–Crippen MR) is 112 cm³/mol. The zero-order valence-corrected chi connectivity index (χ0v) is 17.2. The summed E-state index contributed by atoms with van der Waals surface area (Å²) >= 11 is 6.69. The van der Waals surface area contributed by atoms with Crippen molar-refractivity contribution >= 4 is 52.2 Å². The van der Waals surface area contributed by atoms with E-state index in [0.717, 1.165) is 16.7 Å². The molecule has 7 nitrogen and oxygen atoms in total. The van der Waals surface area contributed by atoms with Gasteiger partial charge >= 0.3 is 0 Å². The van der Waals surface area contributed by atoms with Crippen LogP contribution in [0.2, 0.25) is 5.02 Å². The summed E-state index contributed by atoms with van der Waals surface area (Å²) in [7, 11) is 2.91. The van der Waals surface area contributed by atoms with E-state index >= 15 is 0 Å². The number of thioether (sulfide) groups is 1. The minimum Gasteiger partial charge on any atom is -0.493 e. The van der Waals surface area contributed by atoms with Crippen LogP contribution in [0, 0.1) is 0 Å². The van der Waals surface area contributed by atoms with Gasteiger partial charge in [-0.25, -0.2) is 0 Å². The van der Waals surface area contributed by atoms with Crippen LogP contribution in [-0.4, -0.2) is 42.7 Å². The van der Waals surface area contributed by atoms with E-state index in [1.807, 2.05) is 0 Å². The van der Waals surface area contributed by atoms with E-state index in [9.17, 15) is 14.4 Å². The van der Waals surface area contributed by atoms with Gasteiger partial charge in [0.2, 0.25) is 0 Å². The van der Waals surface area contributed by atoms with E-state index in [4.69, 9.17) is 21.1 Å². The number of rotatable bonds is 6. The molecule has 3 amide bonds. The summed E-state index contributed by atoms with van der Waals surface area (Å²) in [4.78, 5) is 37.1. The van der Waals surface area contributed by atoms with Gasteiger partial charge in [-0.05, 0) is 59.8 Å². The molecule has 1 aliphatic heterocycles. The molecule has 0 aliphatic carbocycles. The molecule has 1 N–H and O–H groups in total. The van der Waals surface area contributed by atoms with E-state index in [2.05, 4.69) is 5.32 Å². The number of methoxy groups -OCH3 is 1. The molecular weight excluding hydrogens is 416 g/mol. The smallest absolute Gasteiger partial charge is 0.293 e. The van der Waals surface area contributed by atoms with Crippen LogP contribution in [0.15, 0.2) is 47.4 Å². The third-order valence-corrected chi connectivity index (χ3v) is 5.17. The average molecular weight is 433 g/mol. The molecule has 1 aliphatic rings. The summed E-state index contributed by atoms with van der Waals surface area (Å²) in [5.74, 6) is 0.0847. The maximum absolute atomic E-state index is 12.1. The zero-order chi connectivity index (χ0) is 21.0. The van der Waals surface area contributed by atoms with Crippen molar-refractivity contribution in [3.8, 4) is 11.5 Å². The number of likely N-dealkylation sites (N-methyl/N-ethyl adjacent to an activating group) is 1. The van der Waals surface area contributed by atoms with Crippen molar-refractivity contribution < 1.29 is 23.9 Å². The van der Waals surface area contributed by atoms with Gasteiger partial charge in [0.25, 0.3) is 17.1 Å². The molecule has 0 bridgehead atoms. The summed E-state index contributed by atoms with van der Waals surface area (Å²) in [6.07, 6.45) is 1.61. The lowest BCUT2D eigenvalue weighted by molar-refractivity contribution is -0.121. The van der Waals surface area contributed by atoms with Gasteiger partial charge in [0.15, 0.2) is 18.1 Å². The molecule has 9 heteroatoms. The fraction of sp³-hybridized carbons (Fsp3) is 0.150. The molecule has 3 rings (SSSR count). The Hall–Kier alpha value is -2.97. The molecule has 0 aromatic heterocycles. The van der Waals surface area contributed by atoms with Crippen LogP contribution in [-0.2, 0) is 9.59 Å². The first kappa shape index (κ1) is 20.8. The fourth-order valence-electron chi connectivity index (χ4n) is 2.46. The minimum absolute atomic E-state index is 0.215. The standard InChI is InChI=1S/C20H17ClN2O5S/c1-23-19(25)17(29-20(23)26)10-12-3-8-15(16(9-12)27-2)28-11-18(24)22-14-6-4-13(21)5-7-14/h3-10H,11H2,1-2H3,(H,22,24)/b17-10-. The Bertz CT molecular complexity index is 991. The van der Waals surface area contributed by atoms with Gasteiger partial charge in [0.1, 0.15) is 0 Å². The Labute approximate surface area is 176 Å². The van der Waals surface area contributed by atoms with Gasteiger partial charge in [-0.15, -0.1) is 0 Å². The molecule has 29 heavy (non-hydrogen) atoms. The lowest BCUT2D eigenvalue weighted by atomic mass is 10.2. The quantitative estimate of drug-likeness (QED) is 0.693. The van der Waals surface area contributed by atoms with Crippen molar-refractivity contribution in [2.75, 3.05) is 26.1 Å². The number of anilines is 1. The SMILES string of the molecule is COc1cc(/C=C2\SC(=O)N(C)C2=O)ccc1OCC(=O)Nc1ccc(Cl)cc1. The van der Waals surface area contributed by atoms with Gasteiger partial charge in [-0.2, -0.15) is 0 Å². The Morgan fingerprint density at radius 1 is 1.17 bits per heavy atom. The second-order valence-corrected chi connectivity index (χ2v) is 7.42. The van der Waals surface area contributed by atoms with Crippen LogP contribution < -0.4 is 14.8 Å². The number of nitrogens with zero attached hydrogens (tertiary/aromatic N) is 1. The summed E-state index contributed by atoms with van der Waals surface area (Å²) in [6.45, 7) is -0.215. The minimum atomic E-state index is -0.349. The molecule has 0 radical (unpaired) electrons. The third kappa shape index (κ3) is 5.10. The molecule has 150 valence electrons. The summed E-state index contributed by atoms with van der Waals surface area (Å²) in [6, 6.07) is 11.7. The number of hydrogen-bond donors (Lipinski definition) is 1. The highest BCUT2D eigenvalue weighted by atomic mass is 35.5. The molecule has 0 spiro atoms. The topological polar surface area (TPSA) is 84.9 Å². The largest absolute Gasteiger partial charge is 0.493 e. The lowest BCUT2D eigenvalue weighted by Crippen LogP contribution is -2.22. The van der Waals surface area contributed by atoms with Crippen LogP contribution in [0.4, 0.5) is 10.5 Å². The summed E-state index contributed by atoms with van der Waals surface area (Å²) in [5, 5.41) is 2.96. The normalized spacial score (nSPS) is 15.0. The van der Waals surface area contributed by atoms with E-state index in [-0.39, 0.29) is 23.7 Å². The second-order valence-electron chi connectivity index (χ2n) is 5.99. The average Bonchev–Trinajstić information content (AvgIpc) is 2.95. The van der Waals surface area contributed by atoms with Gasteiger partial charge in [-0.1, -0.05) is 17.7 Å². The van der Waals surface area contributed by atoms with Gasteiger partial charge < -0.3 is 14.8 Å². The van der Waals surface area contributed by atoms with Crippen molar-refractivity contribution in [1.29, 1.82) is 0 Å². The van der Waals surface area contributed by atoms with Crippen LogP contribution in [0.5, 0.6) is 11.5 Å². The first-order chi connectivity index (χ1) is 13.9. The Morgan fingerprint density at radius 3 is 2.52 bits per heavy atom. The molecule has 0 atom stereocenters. The molecule has 2 aromatic carbocycles. The highest BCUT2D eigenvalue weighted by molar-refractivity contribution is 8.18. The van der Waals surface area contributed by atoms with E-state index in [1.165, 1.54) is 14.2 Å². The van der Waals surface area contributed by atoms with Crippen molar-refractivity contribution in [2.24, 2.45) is 0 Å². The lowest BCUT2D eigenvalue weighted by Gasteiger charge is -2.12. The second kappa shape index (κ2) is 9.02. The predicted octanol–water partition coefficient (Wildman–Crippen LogP) is 4.03. The van der Waals surface area contributed by atoms with Crippen molar-refractivity contribution in [3.05, 3.63) is 58.0 Å². The maximum atomic E-state index is 12.1. The van der Waals surface area contributed by atoms with Crippen molar-refractivity contribution in [2.45, 2.75) is 0 Å². The van der Waals surface area contributed by atoms with E-state index in [1.54, 1.807) is 48.5 Å².